The van der Waals surface area contributed by atoms with Gasteiger partial charge in [0, 0.05) is 0 Å². The minimum absolute atomic E-state index is 0.113. The van der Waals surface area contributed by atoms with Gasteiger partial charge >= 0.3 is 0 Å². The van der Waals surface area contributed by atoms with E-state index < -0.39 is 0 Å². The quantitative estimate of drug-likeness (QED) is 0.533. The van der Waals surface area contributed by atoms with Gasteiger partial charge in [-0.15, -0.1) is 0 Å². The standard InChI is InChI=1S/C13H28N2O/c1-12(16)13(15)10-8-6-4-2-3-5-7-9-11-14/h13H,2-11,14-15H2,1H3. The van der Waals surface area contributed by atoms with Crippen LogP contribution in [0.1, 0.15) is 64.7 Å². The van der Waals surface area contributed by atoms with E-state index in [1.807, 2.05) is 0 Å². The lowest BCUT2D eigenvalue weighted by Crippen LogP contribution is -2.27. The van der Waals surface area contributed by atoms with Gasteiger partial charge in [-0.1, -0.05) is 44.9 Å². The lowest BCUT2D eigenvalue weighted by atomic mass is 10.0. The van der Waals surface area contributed by atoms with Crippen LogP contribution in [0.15, 0.2) is 0 Å². The average molecular weight is 228 g/mol. The van der Waals surface area contributed by atoms with Gasteiger partial charge in [0.2, 0.25) is 0 Å². The van der Waals surface area contributed by atoms with Gasteiger partial charge in [-0.2, -0.15) is 0 Å². The molecule has 0 fully saturated rings. The smallest absolute Gasteiger partial charge is 0.146 e. The second kappa shape index (κ2) is 11.1. The number of nitrogens with two attached hydrogens (primary N) is 2. The Morgan fingerprint density at radius 3 is 1.81 bits per heavy atom. The highest BCUT2D eigenvalue weighted by Gasteiger charge is 2.06. The zero-order valence-electron chi connectivity index (χ0n) is 10.7. The van der Waals surface area contributed by atoms with E-state index in [4.69, 9.17) is 11.5 Å². The molecule has 96 valence electrons. The SMILES string of the molecule is CC(=O)C(N)CCCCCCCCCCN. The minimum atomic E-state index is -0.232. The average Bonchev–Trinajstić information content (AvgIpc) is 2.26. The minimum Gasteiger partial charge on any atom is -0.330 e. The van der Waals surface area contributed by atoms with Crippen molar-refractivity contribution in [3.05, 3.63) is 0 Å². The normalized spacial score (nSPS) is 12.7. The number of unbranched alkanes of at least 4 members (excludes halogenated alkanes) is 7. The van der Waals surface area contributed by atoms with Gasteiger partial charge in [0.1, 0.15) is 5.78 Å². The molecule has 0 spiro atoms. The molecule has 3 nitrogen and oxygen atoms in total. The van der Waals surface area contributed by atoms with Crippen molar-refractivity contribution in [3.8, 4) is 0 Å². The van der Waals surface area contributed by atoms with Crippen LogP contribution in [-0.2, 0) is 4.79 Å². The molecule has 3 heteroatoms. The molecule has 0 bridgehead atoms. The largest absolute Gasteiger partial charge is 0.330 e. The first kappa shape index (κ1) is 15.6. The molecule has 0 saturated carbocycles. The summed E-state index contributed by atoms with van der Waals surface area (Å²) >= 11 is 0. The van der Waals surface area contributed by atoms with E-state index in [2.05, 4.69) is 0 Å². The van der Waals surface area contributed by atoms with Crippen molar-refractivity contribution in [1.82, 2.24) is 0 Å². The fourth-order valence-electron chi connectivity index (χ4n) is 1.77. The van der Waals surface area contributed by atoms with Crippen LogP contribution < -0.4 is 11.5 Å². The zero-order valence-corrected chi connectivity index (χ0v) is 10.7. The molecule has 0 aliphatic heterocycles. The fraction of sp³-hybridized carbons (Fsp3) is 0.923. The van der Waals surface area contributed by atoms with Crippen molar-refractivity contribution in [3.63, 3.8) is 0 Å². The lowest BCUT2D eigenvalue weighted by Gasteiger charge is -2.06. The highest BCUT2D eigenvalue weighted by molar-refractivity contribution is 5.80. The molecule has 0 aliphatic carbocycles. The molecule has 0 aromatic carbocycles. The predicted octanol–water partition coefficient (Wildman–Crippen LogP) is 2.37. The van der Waals surface area contributed by atoms with Gasteiger partial charge in [0.25, 0.3) is 0 Å². The Labute approximate surface area is 100.0 Å². The third-order valence-corrected chi connectivity index (χ3v) is 2.99. The number of rotatable bonds is 11. The topological polar surface area (TPSA) is 69.1 Å². The van der Waals surface area contributed by atoms with Crippen LogP contribution in [0.2, 0.25) is 0 Å². The summed E-state index contributed by atoms with van der Waals surface area (Å²) in [7, 11) is 0. The molecule has 0 rings (SSSR count). The van der Waals surface area contributed by atoms with E-state index in [0.717, 1.165) is 25.8 Å². The third kappa shape index (κ3) is 10.1. The second-order valence-corrected chi connectivity index (χ2v) is 4.62. The Morgan fingerprint density at radius 1 is 0.938 bits per heavy atom. The summed E-state index contributed by atoms with van der Waals surface area (Å²) in [6.45, 7) is 2.39. The molecule has 0 heterocycles. The van der Waals surface area contributed by atoms with Gasteiger partial charge < -0.3 is 11.5 Å². The first-order valence-corrected chi connectivity index (χ1v) is 6.64. The van der Waals surface area contributed by atoms with Crippen LogP contribution in [0.25, 0.3) is 0 Å². The third-order valence-electron chi connectivity index (χ3n) is 2.99. The van der Waals surface area contributed by atoms with Crippen molar-refractivity contribution in [2.75, 3.05) is 6.54 Å². The Hall–Kier alpha value is -0.410. The summed E-state index contributed by atoms with van der Waals surface area (Å²) in [5.74, 6) is 0.113. The highest BCUT2D eigenvalue weighted by atomic mass is 16.1. The second-order valence-electron chi connectivity index (χ2n) is 4.62. The molecule has 0 aliphatic rings. The van der Waals surface area contributed by atoms with Crippen molar-refractivity contribution >= 4 is 5.78 Å². The summed E-state index contributed by atoms with van der Waals surface area (Å²) in [4.78, 5) is 10.9. The number of hydrogen-bond acceptors (Lipinski definition) is 3. The van der Waals surface area contributed by atoms with Gasteiger partial charge in [-0.3, -0.25) is 4.79 Å². The fourth-order valence-corrected chi connectivity index (χ4v) is 1.77. The number of hydrogen-bond donors (Lipinski definition) is 2. The van der Waals surface area contributed by atoms with Crippen molar-refractivity contribution in [1.29, 1.82) is 0 Å². The van der Waals surface area contributed by atoms with E-state index in [0.29, 0.717) is 0 Å². The summed E-state index contributed by atoms with van der Waals surface area (Å²) in [5.41, 5.74) is 11.1. The number of Topliss-reactive ketones (excluding diaryl/α,β-unsaturated/α-hetero) is 1. The maximum Gasteiger partial charge on any atom is 0.146 e. The molecular weight excluding hydrogens is 200 g/mol. The number of carbonyl (C=O) groups is 1. The monoisotopic (exact) mass is 228 g/mol. The van der Waals surface area contributed by atoms with Gasteiger partial charge in [0.15, 0.2) is 0 Å². The lowest BCUT2D eigenvalue weighted by molar-refractivity contribution is -0.118. The van der Waals surface area contributed by atoms with E-state index >= 15 is 0 Å². The first-order valence-electron chi connectivity index (χ1n) is 6.64. The molecular formula is C13H28N2O. The van der Waals surface area contributed by atoms with E-state index in [9.17, 15) is 4.79 Å². The predicted molar refractivity (Wildman–Crippen MR) is 69.3 cm³/mol. The Morgan fingerprint density at radius 2 is 1.38 bits per heavy atom. The molecule has 0 saturated heterocycles. The molecule has 16 heavy (non-hydrogen) atoms. The van der Waals surface area contributed by atoms with Crippen LogP contribution in [0.5, 0.6) is 0 Å². The Bertz CT molecular complexity index is 171. The van der Waals surface area contributed by atoms with Gasteiger partial charge in [-0.25, -0.2) is 0 Å². The van der Waals surface area contributed by atoms with E-state index in [1.54, 1.807) is 6.92 Å². The van der Waals surface area contributed by atoms with Crippen LogP contribution in [0, 0.1) is 0 Å². The van der Waals surface area contributed by atoms with Crippen LogP contribution >= 0.6 is 0 Å². The maximum absolute atomic E-state index is 10.9. The number of ketones is 1. The van der Waals surface area contributed by atoms with Crippen molar-refractivity contribution in [2.45, 2.75) is 70.8 Å². The summed E-state index contributed by atoms with van der Waals surface area (Å²) in [6, 6.07) is -0.232. The van der Waals surface area contributed by atoms with Crippen LogP contribution in [0.3, 0.4) is 0 Å². The Balaban J connectivity index is 3.07. The van der Waals surface area contributed by atoms with Gasteiger partial charge in [-0.05, 0) is 26.3 Å². The van der Waals surface area contributed by atoms with E-state index in [-0.39, 0.29) is 11.8 Å². The summed E-state index contributed by atoms with van der Waals surface area (Å²) < 4.78 is 0. The molecule has 0 aromatic rings. The molecule has 1 unspecified atom stereocenters. The van der Waals surface area contributed by atoms with Crippen LogP contribution in [-0.4, -0.2) is 18.4 Å². The molecule has 4 N–H and O–H groups in total. The maximum atomic E-state index is 10.9. The van der Waals surface area contributed by atoms with E-state index in [1.165, 1.54) is 38.5 Å². The first-order chi connectivity index (χ1) is 7.68. The molecule has 0 radical (unpaired) electrons. The molecule has 0 amide bonds. The summed E-state index contributed by atoms with van der Waals surface area (Å²) in [5, 5.41) is 0. The van der Waals surface area contributed by atoms with Gasteiger partial charge in [0.05, 0.1) is 6.04 Å². The zero-order chi connectivity index (χ0) is 12.2. The van der Waals surface area contributed by atoms with Crippen LogP contribution in [0.4, 0.5) is 0 Å². The summed E-state index contributed by atoms with van der Waals surface area (Å²) in [6.07, 6.45) is 10.8. The molecule has 1 atom stereocenters. The van der Waals surface area contributed by atoms with Crippen molar-refractivity contribution < 1.29 is 4.79 Å². The molecule has 0 aromatic heterocycles. The van der Waals surface area contributed by atoms with Crippen molar-refractivity contribution in [2.24, 2.45) is 11.5 Å². The Kier molecular flexibility index (Phi) is 10.8. The highest BCUT2D eigenvalue weighted by Crippen LogP contribution is 2.10. The number of carbonyl (C=O) groups excluding carboxylic acids is 1.